The number of benzene rings is 1. The minimum Gasteiger partial charge on any atom is -0.369 e. The summed E-state index contributed by atoms with van der Waals surface area (Å²) in [5, 5.41) is 2.97. The Morgan fingerprint density at radius 2 is 1.88 bits per heavy atom. The minimum atomic E-state index is -4.31. The Balaban J connectivity index is 1.47. The van der Waals surface area contributed by atoms with E-state index < -0.39 is 11.7 Å². The number of alkyl halides is 3. The molecule has 1 saturated carbocycles. The number of amides is 1. The number of carbonyl (C=O) groups is 1. The molecule has 0 bridgehead atoms. The Morgan fingerprint density at radius 3 is 2.50 bits per heavy atom. The van der Waals surface area contributed by atoms with Crippen molar-refractivity contribution in [2.45, 2.75) is 31.5 Å². The lowest BCUT2D eigenvalue weighted by Crippen LogP contribution is -2.47. The topological polar surface area (TPSA) is 35.6 Å². The predicted molar refractivity (Wildman–Crippen MR) is 85.9 cm³/mol. The van der Waals surface area contributed by atoms with Crippen LogP contribution in [0.4, 0.5) is 18.9 Å². The van der Waals surface area contributed by atoms with Gasteiger partial charge >= 0.3 is 6.18 Å². The summed E-state index contributed by atoms with van der Waals surface area (Å²) in [6.45, 7) is 3.56. The van der Waals surface area contributed by atoms with Crippen molar-refractivity contribution in [1.29, 1.82) is 0 Å². The molecule has 1 N–H and O–H groups in total. The van der Waals surface area contributed by atoms with Crippen LogP contribution in [0.5, 0.6) is 0 Å². The lowest BCUT2D eigenvalue weighted by Gasteiger charge is -2.36. The maximum absolute atomic E-state index is 12.8. The molecule has 1 aromatic rings. The number of hydrogen-bond acceptors (Lipinski definition) is 3. The largest absolute Gasteiger partial charge is 0.416 e. The molecule has 0 spiro atoms. The fourth-order valence-electron chi connectivity index (χ4n) is 2.90. The van der Waals surface area contributed by atoms with Gasteiger partial charge in [-0.15, -0.1) is 0 Å². The Kier molecular flexibility index (Phi) is 4.99. The van der Waals surface area contributed by atoms with E-state index in [0.717, 1.165) is 32.0 Å². The number of halogens is 3. The second kappa shape index (κ2) is 7.01. The predicted octanol–water partition coefficient (Wildman–Crippen LogP) is 2.50. The van der Waals surface area contributed by atoms with Crippen LogP contribution in [0, 0.1) is 0 Å². The Labute approximate surface area is 139 Å². The van der Waals surface area contributed by atoms with Gasteiger partial charge in [-0.25, -0.2) is 0 Å². The maximum Gasteiger partial charge on any atom is 0.416 e. The summed E-state index contributed by atoms with van der Waals surface area (Å²) in [5.41, 5.74) is -0.00451. The van der Waals surface area contributed by atoms with Crippen molar-refractivity contribution in [3.05, 3.63) is 29.8 Å². The molecule has 1 aliphatic heterocycles. The van der Waals surface area contributed by atoms with E-state index in [2.05, 4.69) is 10.2 Å². The van der Waals surface area contributed by atoms with Crippen LogP contribution in [-0.4, -0.2) is 49.6 Å². The molecule has 2 fully saturated rings. The van der Waals surface area contributed by atoms with Crippen LogP contribution in [0.1, 0.15) is 24.8 Å². The van der Waals surface area contributed by atoms with E-state index in [0.29, 0.717) is 37.8 Å². The molecule has 132 valence electrons. The van der Waals surface area contributed by atoms with E-state index in [-0.39, 0.29) is 5.91 Å². The standard InChI is InChI=1S/C17H22F3N3O/c18-17(19,20)13-2-1-3-15(12-13)23-10-8-22(9-11-23)7-6-16(24)21-14-4-5-14/h1-3,12,14H,4-11H2,(H,21,24). The van der Waals surface area contributed by atoms with E-state index in [1.165, 1.54) is 12.1 Å². The number of nitrogens with zero attached hydrogens (tertiary/aromatic N) is 2. The van der Waals surface area contributed by atoms with E-state index in [1.54, 1.807) is 6.07 Å². The van der Waals surface area contributed by atoms with Crippen molar-refractivity contribution in [2.24, 2.45) is 0 Å². The maximum atomic E-state index is 12.8. The van der Waals surface area contributed by atoms with Crippen LogP contribution in [0.2, 0.25) is 0 Å². The monoisotopic (exact) mass is 341 g/mol. The number of anilines is 1. The molecular weight excluding hydrogens is 319 g/mol. The first-order valence-corrected chi connectivity index (χ1v) is 8.36. The second-order valence-electron chi connectivity index (χ2n) is 6.47. The first-order valence-electron chi connectivity index (χ1n) is 8.36. The van der Waals surface area contributed by atoms with Gasteiger partial charge in [0.25, 0.3) is 0 Å². The molecule has 0 unspecified atom stereocenters. The second-order valence-corrected chi connectivity index (χ2v) is 6.47. The Morgan fingerprint density at radius 1 is 1.17 bits per heavy atom. The van der Waals surface area contributed by atoms with Crippen molar-refractivity contribution in [3.8, 4) is 0 Å². The van der Waals surface area contributed by atoms with Gasteiger partial charge in [-0.3, -0.25) is 9.69 Å². The van der Waals surface area contributed by atoms with Crippen molar-refractivity contribution in [3.63, 3.8) is 0 Å². The third-order valence-electron chi connectivity index (χ3n) is 4.51. The Hall–Kier alpha value is -1.76. The fraction of sp³-hybridized carbons (Fsp3) is 0.588. The molecule has 7 heteroatoms. The highest BCUT2D eigenvalue weighted by atomic mass is 19.4. The van der Waals surface area contributed by atoms with Crippen LogP contribution in [-0.2, 0) is 11.0 Å². The summed E-state index contributed by atoms with van der Waals surface area (Å²) < 4.78 is 38.4. The van der Waals surface area contributed by atoms with E-state index in [1.807, 2.05) is 4.90 Å². The van der Waals surface area contributed by atoms with Crippen molar-refractivity contribution in [2.75, 3.05) is 37.6 Å². The van der Waals surface area contributed by atoms with Crippen LogP contribution in [0.25, 0.3) is 0 Å². The summed E-state index contributed by atoms with van der Waals surface area (Å²) in [7, 11) is 0. The number of rotatable bonds is 5. The molecule has 2 aliphatic rings. The van der Waals surface area contributed by atoms with Gasteiger partial charge in [0, 0.05) is 50.9 Å². The van der Waals surface area contributed by atoms with Gasteiger partial charge in [-0.1, -0.05) is 6.07 Å². The minimum absolute atomic E-state index is 0.0952. The molecule has 0 radical (unpaired) electrons. The average Bonchev–Trinajstić information content (AvgIpc) is 3.37. The molecule has 24 heavy (non-hydrogen) atoms. The first kappa shape index (κ1) is 17.1. The van der Waals surface area contributed by atoms with Crippen LogP contribution >= 0.6 is 0 Å². The SMILES string of the molecule is O=C(CCN1CCN(c2cccc(C(F)(F)F)c2)CC1)NC1CC1. The lowest BCUT2D eigenvalue weighted by molar-refractivity contribution is -0.137. The van der Waals surface area contributed by atoms with Crippen molar-refractivity contribution >= 4 is 11.6 Å². The van der Waals surface area contributed by atoms with Gasteiger partial charge in [0.1, 0.15) is 0 Å². The molecule has 1 aliphatic carbocycles. The molecule has 1 heterocycles. The van der Waals surface area contributed by atoms with E-state index >= 15 is 0 Å². The van der Waals surface area contributed by atoms with Crippen molar-refractivity contribution < 1.29 is 18.0 Å². The summed E-state index contributed by atoms with van der Waals surface area (Å²) in [6, 6.07) is 5.85. The van der Waals surface area contributed by atoms with Gasteiger partial charge < -0.3 is 10.2 Å². The molecule has 0 aromatic heterocycles. The zero-order valence-corrected chi connectivity index (χ0v) is 13.5. The quantitative estimate of drug-likeness (QED) is 0.894. The number of hydrogen-bond donors (Lipinski definition) is 1. The highest BCUT2D eigenvalue weighted by molar-refractivity contribution is 5.76. The zero-order valence-electron chi connectivity index (χ0n) is 13.5. The van der Waals surface area contributed by atoms with Crippen molar-refractivity contribution in [1.82, 2.24) is 10.2 Å². The first-order chi connectivity index (χ1) is 11.4. The normalized spacial score (nSPS) is 19.4. The van der Waals surface area contributed by atoms with Gasteiger partial charge in [0.15, 0.2) is 0 Å². The van der Waals surface area contributed by atoms with Crippen LogP contribution < -0.4 is 10.2 Å². The molecule has 3 rings (SSSR count). The molecule has 1 aromatic carbocycles. The van der Waals surface area contributed by atoms with Crippen LogP contribution in [0.15, 0.2) is 24.3 Å². The molecule has 1 saturated heterocycles. The van der Waals surface area contributed by atoms with E-state index in [4.69, 9.17) is 0 Å². The Bertz CT molecular complexity index is 579. The van der Waals surface area contributed by atoms with Crippen LogP contribution in [0.3, 0.4) is 0 Å². The summed E-state index contributed by atoms with van der Waals surface area (Å²) in [4.78, 5) is 15.9. The third kappa shape index (κ3) is 4.63. The molecule has 4 nitrogen and oxygen atoms in total. The van der Waals surface area contributed by atoms with Gasteiger partial charge in [0.2, 0.25) is 5.91 Å². The molecular formula is C17H22F3N3O. The zero-order chi connectivity index (χ0) is 17.2. The molecule has 1 amide bonds. The molecule has 0 atom stereocenters. The summed E-state index contributed by atoms with van der Waals surface area (Å²) in [6.07, 6.45) is -1.66. The summed E-state index contributed by atoms with van der Waals surface area (Å²) in [5.74, 6) is 0.0952. The smallest absolute Gasteiger partial charge is 0.369 e. The average molecular weight is 341 g/mol. The van der Waals surface area contributed by atoms with Gasteiger partial charge in [-0.05, 0) is 31.0 Å². The van der Waals surface area contributed by atoms with E-state index in [9.17, 15) is 18.0 Å². The highest BCUT2D eigenvalue weighted by Gasteiger charge is 2.31. The fourth-order valence-corrected chi connectivity index (χ4v) is 2.90. The highest BCUT2D eigenvalue weighted by Crippen LogP contribution is 2.31. The lowest BCUT2D eigenvalue weighted by atomic mass is 10.1. The number of carbonyl (C=O) groups excluding carboxylic acids is 1. The summed E-state index contributed by atoms with van der Waals surface area (Å²) >= 11 is 0. The van der Waals surface area contributed by atoms with Gasteiger partial charge in [0.05, 0.1) is 5.56 Å². The number of piperazine rings is 1. The number of nitrogens with one attached hydrogen (secondary N) is 1. The van der Waals surface area contributed by atoms with Gasteiger partial charge in [-0.2, -0.15) is 13.2 Å². The third-order valence-corrected chi connectivity index (χ3v) is 4.51.